The summed E-state index contributed by atoms with van der Waals surface area (Å²) in [4.78, 5) is 6.62. The lowest BCUT2D eigenvalue weighted by molar-refractivity contribution is 0.412. The van der Waals surface area contributed by atoms with Gasteiger partial charge in [-0.15, -0.1) is 11.6 Å². The number of piperidine rings is 1. The summed E-state index contributed by atoms with van der Waals surface area (Å²) in [5.74, 6) is 1.81. The first-order valence-corrected chi connectivity index (χ1v) is 5.62. The van der Waals surface area contributed by atoms with Crippen molar-refractivity contribution in [2.24, 2.45) is 0 Å². The van der Waals surface area contributed by atoms with E-state index in [-0.39, 0.29) is 0 Å². The molecule has 1 aliphatic rings. The standard InChI is InChI=1S/C11H15ClN2O/c1-15-10-2-3-11(13-8-10)14-6-4-9(12)5-7-14/h2-3,8-9H,4-7H2,1H3. The highest BCUT2D eigenvalue weighted by Gasteiger charge is 2.17. The Labute approximate surface area is 95.0 Å². The Morgan fingerprint density at radius 1 is 1.40 bits per heavy atom. The predicted molar refractivity (Wildman–Crippen MR) is 61.9 cm³/mol. The number of halogens is 1. The van der Waals surface area contributed by atoms with E-state index in [9.17, 15) is 0 Å². The molecule has 0 atom stereocenters. The van der Waals surface area contributed by atoms with Crippen LogP contribution in [-0.2, 0) is 0 Å². The molecular weight excluding hydrogens is 212 g/mol. The van der Waals surface area contributed by atoms with Crippen molar-refractivity contribution in [3.05, 3.63) is 18.3 Å². The van der Waals surface area contributed by atoms with Crippen LogP contribution in [0.4, 0.5) is 5.82 Å². The summed E-state index contributed by atoms with van der Waals surface area (Å²) in [5, 5.41) is 0.333. The number of nitrogens with zero attached hydrogens (tertiary/aromatic N) is 2. The molecule has 3 nitrogen and oxygen atoms in total. The van der Waals surface area contributed by atoms with E-state index in [1.165, 1.54) is 0 Å². The molecule has 15 heavy (non-hydrogen) atoms. The number of ether oxygens (including phenoxy) is 1. The number of methoxy groups -OCH3 is 1. The zero-order chi connectivity index (χ0) is 10.7. The maximum absolute atomic E-state index is 6.05. The predicted octanol–water partition coefficient (Wildman–Crippen LogP) is 2.30. The molecule has 4 heteroatoms. The van der Waals surface area contributed by atoms with Crippen molar-refractivity contribution in [3.63, 3.8) is 0 Å². The summed E-state index contributed by atoms with van der Waals surface area (Å²) in [6, 6.07) is 3.93. The molecule has 0 radical (unpaired) electrons. The van der Waals surface area contributed by atoms with Crippen LogP contribution >= 0.6 is 11.6 Å². The number of aromatic nitrogens is 1. The Kier molecular flexibility index (Phi) is 3.31. The molecule has 0 N–H and O–H groups in total. The van der Waals surface area contributed by atoms with Crippen molar-refractivity contribution in [2.75, 3.05) is 25.1 Å². The Hall–Kier alpha value is -0.960. The van der Waals surface area contributed by atoms with Gasteiger partial charge in [0.2, 0.25) is 0 Å². The molecule has 0 saturated carbocycles. The van der Waals surface area contributed by atoms with Crippen molar-refractivity contribution in [2.45, 2.75) is 18.2 Å². The van der Waals surface area contributed by atoms with Crippen molar-refractivity contribution in [1.29, 1.82) is 0 Å². The molecule has 1 aromatic heterocycles. The number of anilines is 1. The number of rotatable bonds is 2. The monoisotopic (exact) mass is 226 g/mol. The summed E-state index contributed by atoms with van der Waals surface area (Å²) in [6.07, 6.45) is 3.83. The largest absolute Gasteiger partial charge is 0.495 e. The summed E-state index contributed by atoms with van der Waals surface area (Å²) in [5.41, 5.74) is 0. The molecule has 1 saturated heterocycles. The molecule has 0 amide bonds. The van der Waals surface area contributed by atoms with Crippen molar-refractivity contribution in [1.82, 2.24) is 4.98 Å². The Morgan fingerprint density at radius 3 is 2.67 bits per heavy atom. The van der Waals surface area contributed by atoms with Crippen molar-refractivity contribution in [3.8, 4) is 5.75 Å². The maximum atomic E-state index is 6.05. The number of hydrogen-bond acceptors (Lipinski definition) is 3. The number of pyridine rings is 1. The third kappa shape index (κ3) is 2.53. The van der Waals surface area contributed by atoms with Crippen LogP contribution in [0, 0.1) is 0 Å². The maximum Gasteiger partial charge on any atom is 0.137 e. The third-order valence-electron chi connectivity index (χ3n) is 2.70. The molecule has 2 rings (SSSR count). The van der Waals surface area contributed by atoms with Gasteiger partial charge in [-0.1, -0.05) is 0 Å². The molecule has 2 heterocycles. The van der Waals surface area contributed by atoms with Gasteiger partial charge in [0.15, 0.2) is 0 Å². The molecular formula is C11H15ClN2O. The fourth-order valence-corrected chi connectivity index (χ4v) is 1.95. The average molecular weight is 227 g/mol. The van der Waals surface area contributed by atoms with E-state index < -0.39 is 0 Å². The molecule has 1 aliphatic heterocycles. The first-order chi connectivity index (χ1) is 7.29. The van der Waals surface area contributed by atoms with Gasteiger partial charge in [0.25, 0.3) is 0 Å². The van der Waals surface area contributed by atoms with Crippen LogP contribution in [0.15, 0.2) is 18.3 Å². The van der Waals surface area contributed by atoms with Gasteiger partial charge in [-0.3, -0.25) is 0 Å². The Morgan fingerprint density at radius 2 is 2.13 bits per heavy atom. The zero-order valence-electron chi connectivity index (χ0n) is 8.82. The zero-order valence-corrected chi connectivity index (χ0v) is 9.57. The van der Waals surface area contributed by atoms with Gasteiger partial charge in [0, 0.05) is 18.5 Å². The third-order valence-corrected chi connectivity index (χ3v) is 3.14. The smallest absolute Gasteiger partial charge is 0.137 e. The SMILES string of the molecule is COc1ccc(N2CCC(Cl)CC2)nc1. The highest BCUT2D eigenvalue weighted by atomic mass is 35.5. The molecule has 1 aromatic rings. The fraction of sp³-hybridized carbons (Fsp3) is 0.545. The normalized spacial score (nSPS) is 17.9. The van der Waals surface area contributed by atoms with E-state index in [4.69, 9.17) is 16.3 Å². The van der Waals surface area contributed by atoms with Crippen LogP contribution in [0.1, 0.15) is 12.8 Å². The Balaban J connectivity index is 2.03. The lowest BCUT2D eigenvalue weighted by atomic mass is 10.1. The number of alkyl halides is 1. The van der Waals surface area contributed by atoms with E-state index in [1.54, 1.807) is 13.3 Å². The summed E-state index contributed by atoms with van der Waals surface area (Å²) in [7, 11) is 1.65. The summed E-state index contributed by atoms with van der Waals surface area (Å²) >= 11 is 6.05. The lowest BCUT2D eigenvalue weighted by Gasteiger charge is -2.30. The van der Waals surface area contributed by atoms with Gasteiger partial charge in [-0.2, -0.15) is 0 Å². The summed E-state index contributed by atoms with van der Waals surface area (Å²) in [6.45, 7) is 1.99. The molecule has 0 spiro atoms. The number of hydrogen-bond donors (Lipinski definition) is 0. The molecule has 0 unspecified atom stereocenters. The summed E-state index contributed by atoms with van der Waals surface area (Å²) < 4.78 is 5.07. The second-order valence-corrected chi connectivity index (χ2v) is 4.34. The van der Waals surface area contributed by atoms with Crippen LogP contribution < -0.4 is 9.64 Å². The van der Waals surface area contributed by atoms with Gasteiger partial charge < -0.3 is 9.64 Å². The van der Waals surface area contributed by atoms with E-state index >= 15 is 0 Å². The molecule has 0 aliphatic carbocycles. The highest BCUT2D eigenvalue weighted by Crippen LogP contribution is 2.21. The quantitative estimate of drug-likeness (QED) is 0.724. The molecule has 82 valence electrons. The van der Waals surface area contributed by atoms with Gasteiger partial charge in [0.05, 0.1) is 13.3 Å². The van der Waals surface area contributed by atoms with E-state index in [0.29, 0.717) is 5.38 Å². The van der Waals surface area contributed by atoms with Crippen LogP contribution in [0.3, 0.4) is 0 Å². The lowest BCUT2D eigenvalue weighted by Crippen LogP contribution is -2.34. The topological polar surface area (TPSA) is 25.4 Å². The molecule has 1 fully saturated rings. The van der Waals surface area contributed by atoms with Crippen molar-refractivity contribution >= 4 is 17.4 Å². The molecule has 0 bridgehead atoms. The van der Waals surface area contributed by atoms with E-state index in [2.05, 4.69) is 9.88 Å². The van der Waals surface area contributed by atoms with Crippen LogP contribution in [0.2, 0.25) is 0 Å². The van der Waals surface area contributed by atoms with Crippen LogP contribution in [-0.4, -0.2) is 30.6 Å². The van der Waals surface area contributed by atoms with Crippen LogP contribution in [0.5, 0.6) is 5.75 Å². The average Bonchev–Trinajstić information content (AvgIpc) is 2.30. The highest BCUT2D eigenvalue weighted by molar-refractivity contribution is 6.20. The first-order valence-electron chi connectivity index (χ1n) is 5.18. The van der Waals surface area contributed by atoms with Crippen LogP contribution in [0.25, 0.3) is 0 Å². The second kappa shape index (κ2) is 4.71. The van der Waals surface area contributed by atoms with Gasteiger partial charge in [0.1, 0.15) is 11.6 Å². The minimum Gasteiger partial charge on any atom is -0.495 e. The van der Waals surface area contributed by atoms with Crippen molar-refractivity contribution < 1.29 is 4.74 Å². The minimum atomic E-state index is 0.333. The van der Waals surface area contributed by atoms with E-state index in [0.717, 1.165) is 37.5 Å². The van der Waals surface area contributed by atoms with E-state index in [1.807, 2.05) is 12.1 Å². The Bertz CT molecular complexity index is 307. The fourth-order valence-electron chi connectivity index (χ4n) is 1.76. The van der Waals surface area contributed by atoms with Gasteiger partial charge in [-0.05, 0) is 25.0 Å². The minimum absolute atomic E-state index is 0.333. The first kappa shape index (κ1) is 10.6. The van der Waals surface area contributed by atoms with Gasteiger partial charge in [-0.25, -0.2) is 4.98 Å². The van der Waals surface area contributed by atoms with Gasteiger partial charge >= 0.3 is 0 Å². The second-order valence-electron chi connectivity index (χ2n) is 3.72. The molecule has 0 aromatic carbocycles.